The zero-order chi connectivity index (χ0) is 10.9. The van der Waals surface area contributed by atoms with Gasteiger partial charge in [0.05, 0.1) is 11.6 Å². The van der Waals surface area contributed by atoms with Crippen LogP contribution in [0.1, 0.15) is 20.3 Å². The molecule has 2 atom stereocenters. The number of nitrogens with two attached hydrogens (primary N) is 1. The molecule has 2 rings (SSSR count). The third kappa shape index (κ3) is 2.02. The van der Waals surface area contributed by atoms with Crippen LogP contribution in [-0.2, 0) is 4.74 Å². The maximum Gasteiger partial charge on any atom is 0.225 e. The van der Waals surface area contributed by atoms with Crippen molar-refractivity contribution in [3.63, 3.8) is 0 Å². The van der Waals surface area contributed by atoms with Crippen LogP contribution in [0, 0.1) is 0 Å². The van der Waals surface area contributed by atoms with E-state index in [1.807, 2.05) is 6.92 Å². The van der Waals surface area contributed by atoms with E-state index in [-0.39, 0.29) is 11.6 Å². The van der Waals surface area contributed by atoms with Gasteiger partial charge in [-0.05, 0) is 26.3 Å². The van der Waals surface area contributed by atoms with Crippen molar-refractivity contribution in [2.75, 3.05) is 17.7 Å². The summed E-state index contributed by atoms with van der Waals surface area (Å²) in [6.07, 6.45) is 2.75. The standard InChI is InChI=1S/C10H16N4O/c1-7-10(2,4-6-15-7)14-9-12-5-3-8(11)13-9/h3,5,7H,4,6H2,1-2H3,(H3,11,12,13,14). The van der Waals surface area contributed by atoms with Crippen LogP contribution in [0.4, 0.5) is 11.8 Å². The highest BCUT2D eigenvalue weighted by Gasteiger charge is 2.37. The number of nitrogens with one attached hydrogen (secondary N) is 1. The molecule has 0 bridgehead atoms. The van der Waals surface area contributed by atoms with E-state index in [2.05, 4.69) is 22.2 Å². The van der Waals surface area contributed by atoms with Gasteiger partial charge in [-0.1, -0.05) is 0 Å². The molecule has 2 heterocycles. The van der Waals surface area contributed by atoms with E-state index in [1.165, 1.54) is 0 Å². The second kappa shape index (κ2) is 3.66. The monoisotopic (exact) mass is 208 g/mol. The number of nitrogens with zero attached hydrogens (tertiary/aromatic N) is 2. The molecule has 1 saturated heterocycles. The van der Waals surface area contributed by atoms with Gasteiger partial charge in [0.15, 0.2) is 0 Å². The van der Waals surface area contributed by atoms with E-state index in [0.29, 0.717) is 11.8 Å². The largest absolute Gasteiger partial charge is 0.384 e. The number of hydrogen-bond donors (Lipinski definition) is 2. The maximum absolute atomic E-state index is 5.59. The van der Waals surface area contributed by atoms with E-state index >= 15 is 0 Å². The minimum atomic E-state index is -0.103. The number of hydrogen-bond acceptors (Lipinski definition) is 5. The van der Waals surface area contributed by atoms with Crippen LogP contribution < -0.4 is 11.1 Å². The molecule has 0 saturated carbocycles. The van der Waals surface area contributed by atoms with Crippen LogP contribution in [-0.4, -0.2) is 28.2 Å². The maximum atomic E-state index is 5.59. The van der Waals surface area contributed by atoms with Crippen molar-refractivity contribution < 1.29 is 4.74 Å². The third-order valence-corrected chi connectivity index (χ3v) is 2.96. The number of aromatic nitrogens is 2. The first-order valence-electron chi connectivity index (χ1n) is 5.08. The Labute approximate surface area is 89.1 Å². The molecule has 0 amide bonds. The average molecular weight is 208 g/mol. The highest BCUT2D eigenvalue weighted by atomic mass is 16.5. The van der Waals surface area contributed by atoms with Crippen LogP contribution >= 0.6 is 0 Å². The van der Waals surface area contributed by atoms with Gasteiger partial charge >= 0.3 is 0 Å². The highest BCUT2D eigenvalue weighted by molar-refractivity contribution is 5.37. The Morgan fingerprint density at radius 1 is 1.67 bits per heavy atom. The SMILES string of the molecule is CC1OCCC1(C)Nc1nccc(N)n1. The molecule has 1 aromatic heterocycles. The van der Waals surface area contributed by atoms with E-state index in [9.17, 15) is 0 Å². The average Bonchev–Trinajstić information content (AvgIpc) is 2.47. The van der Waals surface area contributed by atoms with Gasteiger partial charge in [0.2, 0.25) is 5.95 Å². The first-order chi connectivity index (χ1) is 7.10. The fourth-order valence-corrected chi connectivity index (χ4v) is 1.69. The van der Waals surface area contributed by atoms with Crippen molar-refractivity contribution >= 4 is 11.8 Å². The van der Waals surface area contributed by atoms with Crippen LogP contribution in [0.2, 0.25) is 0 Å². The Balaban J connectivity index is 2.14. The molecule has 82 valence electrons. The van der Waals surface area contributed by atoms with Crippen LogP contribution in [0.15, 0.2) is 12.3 Å². The molecule has 1 aromatic rings. The Morgan fingerprint density at radius 3 is 3.07 bits per heavy atom. The third-order valence-electron chi connectivity index (χ3n) is 2.96. The zero-order valence-electron chi connectivity index (χ0n) is 9.03. The summed E-state index contributed by atoms with van der Waals surface area (Å²) < 4.78 is 5.52. The summed E-state index contributed by atoms with van der Waals surface area (Å²) in [5, 5.41) is 3.28. The molecule has 0 aliphatic carbocycles. The first-order valence-corrected chi connectivity index (χ1v) is 5.08. The lowest BCUT2D eigenvalue weighted by Crippen LogP contribution is -2.41. The van der Waals surface area contributed by atoms with Crippen molar-refractivity contribution in [2.45, 2.75) is 31.9 Å². The molecular formula is C10H16N4O. The van der Waals surface area contributed by atoms with E-state index in [4.69, 9.17) is 10.5 Å². The summed E-state index contributed by atoms with van der Waals surface area (Å²) in [6.45, 7) is 4.93. The van der Waals surface area contributed by atoms with Crippen LogP contribution in [0.5, 0.6) is 0 Å². The van der Waals surface area contributed by atoms with Gasteiger partial charge in [-0.2, -0.15) is 4.98 Å². The fourth-order valence-electron chi connectivity index (χ4n) is 1.69. The van der Waals surface area contributed by atoms with Gasteiger partial charge in [0, 0.05) is 12.8 Å². The molecule has 5 nitrogen and oxygen atoms in total. The van der Waals surface area contributed by atoms with Crippen molar-refractivity contribution in [1.29, 1.82) is 0 Å². The Hall–Kier alpha value is -1.36. The lowest BCUT2D eigenvalue weighted by Gasteiger charge is -2.28. The molecule has 15 heavy (non-hydrogen) atoms. The van der Waals surface area contributed by atoms with Gasteiger partial charge in [-0.15, -0.1) is 0 Å². The molecule has 1 fully saturated rings. The molecular weight excluding hydrogens is 192 g/mol. The Bertz CT molecular complexity index is 357. The van der Waals surface area contributed by atoms with E-state index < -0.39 is 0 Å². The van der Waals surface area contributed by atoms with E-state index in [0.717, 1.165) is 13.0 Å². The number of nitrogen functional groups attached to an aromatic ring is 1. The summed E-state index contributed by atoms with van der Waals surface area (Å²) >= 11 is 0. The normalized spacial score (nSPS) is 30.4. The van der Waals surface area contributed by atoms with E-state index in [1.54, 1.807) is 12.3 Å². The quantitative estimate of drug-likeness (QED) is 0.759. The number of rotatable bonds is 2. The molecule has 5 heteroatoms. The van der Waals surface area contributed by atoms with Crippen molar-refractivity contribution in [2.24, 2.45) is 0 Å². The van der Waals surface area contributed by atoms with Crippen LogP contribution in [0.3, 0.4) is 0 Å². The zero-order valence-corrected chi connectivity index (χ0v) is 9.03. The number of anilines is 2. The highest BCUT2D eigenvalue weighted by Crippen LogP contribution is 2.28. The molecule has 1 aliphatic rings. The molecule has 0 aromatic carbocycles. The summed E-state index contributed by atoms with van der Waals surface area (Å²) in [4.78, 5) is 8.24. The molecule has 2 unspecified atom stereocenters. The smallest absolute Gasteiger partial charge is 0.225 e. The molecule has 0 spiro atoms. The minimum absolute atomic E-state index is 0.103. The van der Waals surface area contributed by atoms with Gasteiger partial charge in [-0.25, -0.2) is 4.98 Å². The molecule has 0 radical (unpaired) electrons. The first kappa shape index (κ1) is 10.2. The Morgan fingerprint density at radius 2 is 2.47 bits per heavy atom. The van der Waals surface area contributed by atoms with Crippen LogP contribution in [0.25, 0.3) is 0 Å². The lowest BCUT2D eigenvalue weighted by molar-refractivity contribution is 0.105. The van der Waals surface area contributed by atoms with Gasteiger partial charge < -0.3 is 15.8 Å². The minimum Gasteiger partial charge on any atom is -0.384 e. The predicted molar refractivity (Wildman–Crippen MR) is 58.5 cm³/mol. The number of ether oxygens (including phenoxy) is 1. The van der Waals surface area contributed by atoms with Crippen molar-refractivity contribution in [3.05, 3.63) is 12.3 Å². The van der Waals surface area contributed by atoms with Crippen molar-refractivity contribution in [1.82, 2.24) is 9.97 Å². The van der Waals surface area contributed by atoms with Gasteiger partial charge in [-0.3, -0.25) is 0 Å². The molecule has 3 N–H and O–H groups in total. The lowest BCUT2D eigenvalue weighted by atomic mass is 9.95. The summed E-state index contributed by atoms with van der Waals surface area (Å²) in [5.74, 6) is 1.04. The summed E-state index contributed by atoms with van der Waals surface area (Å²) in [6, 6.07) is 1.67. The topological polar surface area (TPSA) is 73.1 Å². The van der Waals surface area contributed by atoms with Crippen molar-refractivity contribution in [3.8, 4) is 0 Å². The summed E-state index contributed by atoms with van der Waals surface area (Å²) in [5.41, 5.74) is 5.48. The fraction of sp³-hybridized carbons (Fsp3) is 0.600. The Kier molecular flexibility index (Phi) is 2.48. The van der Waals surface area contributed by atoms with Gasteiger partial charge in [0.1, 0.15) is 5.82 Å². The predicted octanol–water partition coefficient (Wildman–Crippen LogP) is 1.04. The molecule has 1 aliphatic heterocycles. The summed E-state index contributed by atoms with van der Waals surface area (Å²) in [7, 11) is 0. The second-order valence-corrected chi connectivity index (χ2v) is 4.11. The van der Waals surface area contributed by atoms with Gasteiger partial charge in [0.25, 0.3) is 0 Å². The second-order valence-electron chi connectivity index (χ2n) is 4.11.